The summed E-state index contributed by atoms with van der Waals surface area (Å²) in [5, 5.41) is 10.5. The lowest BCUT2D eigenvalue weighted by atomic mass is 11.0. The van der Waals surface area contributed by atoms with Crippen molar-refractivity contribution in [1.29, 1.82) is 5.41 Å². The largest absolute Gasteiger partial charge is 0.350 e. The fourth-order valence-electron chi connectivity index (χ4n) is 0.108. The topological polar surface area (TPSA) is 102 Å². The van der Waals surface area contributed by atoms with Gasteiger partial charge in [0.2, 0.25) is 0 Å². The van der Waals surface area contributed by atoms with E-state index in [0.717, 1.165) is 5.01 Å². The van der Waals surface area contributed by atoms with Crippen molar-refractivity contribution in [3.63, 3.8) is 0 Å². The molecule has 0 saturated heterocycles. The van der Waals surface area contributed by atoms with E-state index in [1.807, 2.05) is 0 Å². The van der Waals surface area contributed by atoms with Gasteiger partial charge in [-0.1, -0.05) is 0 Å². The second-order valence-corrected chi connectivity index (χ2v) is 1.09. The predicted octanol–water partition coefficient (Wildman–Crippen LogP) is 0.0370. The fourth-order valence-corrected chi connectivity index (χ4v) is 0.108. The highest BCUT2D eigenvalue weighted by molar-refractivity contribution is 5.73. The van der Waals surface area contributed by atoms with E-state index in [-0.39, 0.29) is 5.96 Å². The summed E-state index contributed by atoms with van der Waals surface area (Å²) in [6, 6.07) is 0. The summed E-state index contributed by atoms with van der Waals surface area (Å²) in [6.45, 7) is 0. The Morgan fingerprint density at radius 1 is 2.00 bits per heavy atom. The number of nitrogens with zero attached hydrogens (tertiary/aromatic N) is 4. The molecule has 6 heteroatoms. The van der Waals surface area contributed by atoms with Gasteiger partial charge in [0, 0.05) is 0 Å². The average molecular weight is 114 g/mol. The average Bonchev–Trinajstić information content (AvgIpc) is 1.67. The first-order valence-corrected chi connectivity index (χ1v) is 1.81. The van der Waals surface area contributed by atoms with Gasteiger partial charge in [-0.2, -0.15) is 9.92 Å². The molecule has 0 unspecified atom stereocenters. The number of nitrogens with two attached hydrogens (primary N) is 1. The van der Waals surface area contributed by atoms with Crippen LogP contribution in [-0.2, 0) is 0 Å². The van der Waals surface area contributed by atoms with Gasteiger partial charge in [-0.25, -0.2) is 5.41 Å². The number of hydrogen-bond acceptors (Lipinski definition) is 2. The molecule has 44 valence electrons. The maximum Gasteiger partial charge on any atom is 0.287 e. The maximum atomic E-state index is 7.75. The molecule has 0 radical (unpaired) electrons. The quantitative estimate of drug-likeness (QED) is 0.125. The maximum absolute atomic E-state index is 7.75. The highest BCUT2D eigenvalue weighted by Crippen LogP contribution is 1.78. The zero-order chi connectivity index (χ0) is 6.57. The first-order chi connectivity index (χ1) is 3.68. The van der Waals surface area contributed by atoms with Gasteiger partial charge in [-0.05, 0) is 5.22 Å². The van der Waals surface area contributed by atoms with Gasteiger partial charge in [0.05, 0.1) is 7.05 Å². The van der Waals surface area contributed by atoms with Crippen molar-refractivity contribution in [3.05, 3.63) is 10.4 Å². The van der Waals surface area contributed by atoms with E-state index in [1.54, 1.807) is 0 Å². The van der Waals surface area contributed by atoms with Crippen molar-refractivity contribution in [1.82, 2.24) is 5.01 Å². The lowest BCUT2D eigenvalue weighted by Crippen LogP contribution is -2.27. The SMILES string of the molecule is CN(N=[N+]=[N-])C(=N)N. The Morgan fingerprint density at radius 2 is 2.50 bits per heavy atom. The van der Waals surface area contributed by atoms with Crippen LogP contribution in [0.4, 0.5) is 0 Å². The normalized spacial score (nSPS) is 7.12. The van der Waals surface area contributed by atoms with E-state index in [1.165, 1.54) is 7.05 Å². The number of rotatable bonds is 1. The molecule has 8 heavy (non-hydrogen) atoms. The molecule has 0 fully saturated rings. The van der Waals surface area contributed by atoms with E-state index < -0.39 is 0 Å². The third kappa shape index (κ3) is 1.89. The highest BCUT2D eigenvalue weighted by atomic mass is 15.6. The standard InChI is InChI=1S/C2H6N6/c1-8(2(3)4)7-6-5/h1H3,(H3,3,4). The molecule has 0 heterocycles. The zero-order valence-electron chi connectivity index (χ0n) is 4.37. The van der Waals surface area contributed by atoms with Crippen LogP contribution in [0.25, 0.3) is 10.4 Å². The molecule has 0 aromatic rings. The first-order valence-electron chi connectivity index (χ1n) is 1.81. The molecule has 0 aliphatic rings. The lowest BCUT2D eigenvalue weighted by Gasteiger charge is -1.99. The summed E-state index contributed by atoms with van der Waals surface area (Å²) < 4.78 is 0. The molecule has 6 nitrogen and oxygen atoms in total. The first kappa shape index (κ1) is 6.58. The van der Waals surface area contributed by atoms with Gasteiger partial charge in [-0.3, -0.25) is 0 Å². The van der Waals surface area contributed by atoms with Crippen LogP contribution in [0.2, 0.25) is 0 Å². The fraction of sp³-hybridized carbons (Fsp3) is 0.500. The molecule has 0 spiro atoms. The monoisotopic (exact) mass is 114 g/mol. The van der Waals surface area contributed by atoms with Crippen LogP contribution in [0.1, 0.15) is 0 Å². The Hall–Kier alpha value is -1.42. The summed E-state index contributed by atoms with van der Waals surface area (Å²) >= 11 is 0. The molecule has 0 aliphatic heterocycles. The highest BCUT2D eigenvalue weighted by Gasteiger charge is 1.95. The Labute approximate surface area is 46.0 Å². The Bertz CT molecular complexity index is 129. The van der Waals surface area contributed by atoms with Crippen molar-refractivity contribution >= 4 is 5.96 Å². The van der Waals surface area contributed by atoms with Crippen LogP contribution in [0.3, 0.4) is 0 Å². The van der Waals surface area contributed by atoms with E-state index >= 15 is 0 Å². The summed E-state index contributed by atoms with van der Waals surface area (Å²) in [6.07, 6.45) is 0. The number of azide groups is 1. The minimum atomic E-state index is -0.275. The molecule has 0 aromatic carbocycles. The van der Waals surface area contributed by atoms with Gasteiger partial charge in [0.15, 0.2) is 0 Å². The molecular weight excluding hydrogens is 108 g/mol. The van der Waals surface area contributed by atoms with Crippen molar-refractivity contribution in [2.75, 3.05) is 7.05 Å². The third-order valence-corrected chi connectivity index (χ3v) is 0.523. The molecule has 0 atom stereocenters. The molecular formula is C2H6N6. The predicted molar refractivity (Wildman–Crippen MR) is 28.8 cm³/mol. The number of hydrogen-bond donors (Lipinski definition) is 2. The van der Waals surface area contributed by atoms with Crippen molar-refractivity contribution in [2.45, 2.75) is 0 Å². The number of guanidine groups is 1. The Morgan fingerprint density at radius 3 is 2.62 bits per heavy atom. The summed E-state index contributed by atoms with van der Waals surface area (Å²) in [4.78, 5) is 2.39. The Balaban J connectivity index is 3.82. The van der Waals surface area contributed by atoms with E-state index in [2.05, 4.69) is 10.1 Å². The number of nitrogens with one attached hydrogen (secondary N) is 1. The van der Waals surface area contributed by atoms with E-state index in [4.69, 9.17) is 16.7 Å². The molecule has 0 aliphatic carbocycles. The minimum absolute atomic E-state index is 0.275. The molecule has 0 aromatic heterocycles. The van der Waals surface area contributed by atoms with Crippen LogP contribution in [0.5, 0.6) is 0 Å². The van der Waals surface area contributed by atoms with Gasteiger partial charge < -0.3 is 5.73 Å². The lowest BCUT2D eigenvalue weighted by molar-refractivity contribution is 0.524. The molecule has 3 N–H and O–H groups in total. The summed E-state index contributed by atoms with van der Waals surface area (Å²) in [5.41, 5.74) is 12.6. The molecule has 0 rings (SSSR count). The zero-order valence-corrected chi connectivity index (χ0v) is 4.37. The molecule has 0 saturated carbocycles. The van der Waals surface area contributed by atoms with Gasteiger partial charge in [-0.15, -0.1) is 5.53 Å². The Kier molecular flexibility index (Phi) is 2.22. The van der Waals surface area contributed by atoms with Gasteiger partial charge >= 0.3 is 0 Å². The van der Waals surface area contributed by atoms with Crippen LogP contribution in [-0.4, -0.2) is 18.0 Å². The van der Waals surface area contributed by atoms with Crippen LogP contribution >= 0.6 is 0 Å². The molecule has 0 bridgehead atoms. The smallest absolute Gasteiger partial charge is 0.287 e. The third-order valence-electron chi connectivity index (χ3n) is 0.523. The van der Waals surface area contributed by atoms with Gasteiger partial charge in [0.1, 0.15) is 0 Å². The summed E-state index contributed by atoms with van der Waals surface area (Å²) in [5.74, 6) is -0.275. The van der Waals surface area contributed by atoms with E-state index in [9.17, 15) is 0 Å². The van der Waals surface area contributed by atoms with Crippen LogP contribution < -0.4 is 5.73 Å². The van der Waals surface area contributed by atoms with Crippen LogP contribution in [0, 0.1) is 5.41 Å². The van der Waals surface area contributed by atoms with Crippen molar-refractivity contribution < 1.29 is 0 Å². The second kappa shape index (κ2) is 2.70. The second-order valence-electron chi connectivity index (χ2n) is 1.09. The minimum Gasteiger partial charge on any atom is -0.350 e. The molecule has 0 amide bonds. The van der Waals surface area contributed by atoms with Crippen molar-refractivity contribution in [3.8, 4) is 0 Å². The summed E-state index contributed by atoms with van der Waals surface area (Å²) in [7, 11) is 1.39. The van der Waals surface area contributed by atoms with E-state index in [0.29, 0.717) is 0 Å². The van der Waals surface area contributed by atoms with Crippen LogP contribution in [0.15, 0.2) is 5.22 Å². The van der Waals surface area contributed by atoms with Crippen molar-refractivity contribution in [2.24, 2.45) is 11.0 Å². The van der Waals surface area contributed by atoms with Gasteiger partial charge in [0.25, 0.3) is 5.96 Å².